The molecule has 1 N–H and O–H groups in total. The molecule has 7 nitrogen and oxygen atoms in total. The van der Waals surface area contributed by atoms with Gasteiger partial charge in [-0.3, -0.25) is 15.1 Å². The molecule has 3 aromatic rings. The average molecular weight is 381 g/mol. The van der Waals surface area contributed by atoms with E-state index in [1.54, 1.807) is 6.07 Å². The molecule has 3 rings (SSSR count). The molecular weight excluding hydrogens is 358 g/mol. The molecule has 2 heterocycles. The van der Waals surface area contributed by atoms with Gasteiger partial charge in [0.1, 0.15) is 0 Å². The van der Waals surface area contributed by atoms with Gasteiger partial charge in [-0.2, -0.15) is 0 Å². The number of benzene rings is 1. The Labute approximate surface area is 163 Å². The maximum Gasteiger partial charge on any atom is 0.339 e. The lowest BCUT2D eigenvalue weighted by Gasteiger charge is -2.13. The number of carbonyl (C=O) groups is 2. The van der Waals surface area contributed by atoms with E-state index in [0.29, 0.717) is 17.4 Å². The molecule has 0 saturated carbocycles. The van der Waals surface area contributed by atoms with Crippen molar-refractivity contribution < 1.29 is 18.8 Å². The number of amides is 1. The molecule has 0 spiro atoms. The number of anilines is 1. The van der Waals surface area contributed by atoms with Crippen molar-refractivity contribution >= 4 is 28.7 Å². The summed E-state index contributed by atoms with van der Waals surface area (Å²) in [5.41, 5.74) is 3.50. The summed E-state index contributed by atoms with van der Waals surface area (Å²) in [6.45, 7) is 7.34. The lowest BCUT2D eigenvalue weighted by Crippen LogP contribution is -2.21. The predicted octanol–water partition coefficient (Wildman–Crippen LogP) is 4.01. The number of pyridine rings is 1. The smallest absolute Gasteiger partial charge is 0.339 e. The molecule has 0 fully saturated rings. The number of hydrogen-bond donors (Lipinski definition) is 1. The number of nitrogens with zero attached hydrogens (tertiary/aromatic N) is 2. The third-order valence-electron chi connectivity index (χ3n) is 4.49. The van der Waals surface area contributed by atoms with E-state index < -0.39 is 18.5 Å². The predicted molar refractivity (Wildman–Crippen MR) is 105 cm³/mol. The van der Waals surface area contributed by atoms with Gasteiger partial charge in [-0.05, 0) is 30.9 Å². The van der Waals surface area contributed by atoms with E-state index in [1.807, 2.05) is 52.0 Å². The van der Waals surface area contributed by atoms with Crippen LogP contribution in [0, 0.1) is 6.92 Å². The van der Waals surface area contributed by atoms with Crippen molar-refractivity contribution in [2.24, 2.45) is 0 Å². The van der Waals surface area contributed by atoms with Gasteiger partial charge in [-0.1, -0.05) is 44.1 Å². The summed E-state index contributed by atoms with van der Waals surface area (Å²) in [6.07, 6.45) is 0.696. The van der Waals surface area contributed by atoms with Crippen molar-refractivity contribution in [2.75, 3.05) is 11.9 Å². The number of para-hydroxylation sites is 1. The number of carbonyl (C=O) groups excluding carboxylic acids is 2. The van der Waals surface area contributed by atoms with Crippen LogP contribution in [0.4, 0.5) is 5.88 Å². The lowest BCUT2D eigenvalue weighted by atomic mass is 10.0. The fourth-order valence-electron chi connectivity index (χ4n) is 2.96. The van der Waals surface area contributed by atoms with Gasteiger partial charge in [0.2, 0.25) is 5.88 Å². The zero-order chi connectivity index (χ0) is 20.3. The highest BCUT2D eigenvalue weighted by molar-refractivity contribution is 6.05. The number of aryl methyl sites for hydroxylation is 1. The summed E-state index contributed by atoms with van der Waals surface area (Å²) in [5, 5.41) is 7.12. The van der Waals surface area contributed by atoms with Crippen LogP contribution in [-0.2, 0) is 16.0 Å². The zero-order valence-corrected chi connectivity index (χ0v) is 16.4. The number of nitrogens with one attached hydrogen (secondary N) is 1. The van der Waals surface area contributed by atoms with Crippen LogP contribution in [0.5, 0.6) is 0 Å². The van der Waals surface area contributed by atoms with E-state index in [0.717, 1.165) is 22.5 Å². The summed E-state index contributed by atoms with van der Waals surface area (Å²) in [4.78, 5) is 29.4. The average Bonchev–Trinajstić information content (AvgIpc) is 3.14. The van der Waals surface area contributed by atoms with Crippen LogP contribution in [0.15, 0.2) is 34.9 Å². The first-order valence-corrected chi connectivity index (χ1v) is 9.22. The Balaban J connectivity index is 1.74. The van der Waals surface area contributed by atoms with Gasteiger partial charge in [-0.15, -0.1) is 0 Å². The lowest BCUT2D eigenvalue weighted by molar-refractivity contribution is -0.119. The molecule has 0 bridgehead atoms. The van der Waals surface area contributed by atoms with E-state index in [1.165, 1.54) is 0 Å². The molecule has 0 atom stereocenters. The van der Waals surface area contributed by atoms with E-state index in [9.17, 15) is 9.59 Å². The number of ether oxygens (including phenoxy) is 1. The molecule has 28 heavy (non-hydrogen) atoms. The minimum absolute atomic E-state index is 0.183. The van der Waals surface area contributed by atoms with Crippen molar-refractivity contribution in [1.29, 1.82) is 0 Å². The normalized spacial score (nSPS) is 11.0. The highest BCUT2D eigenvalue weighted by Crippen LogP contribution is 2.24. The van der Waals surface area contributed by atoms with Crippen LogP contribution in [-0.4, -0.2) is 28.6 Å². The fraction of sp³-hybridized carbons (Fsp3) is 0.333. The highest BCUT2D eigenvalue weighted by Gasteiger charge is 2.20. The highest BCUT2D eigenvalue weighted by atomic mass is 16.5. The number of aromatic nitrogens is 2. The van der Waals surface area contributed by atoms with Crippen LogP contribution in [0.2, 0.25) is 0 Å². The molecular formula is C21H23N3O4. The molecule has 0 aliphatic heterocycles. The third kappa shape index (κ3) is 4.03. The SMILES string of the molecule is CCc1nc2ccccc2c(C(=O)OCC(=O)Nc2cc(C(C)C)no2)c1C. The molecule has 1 amide bonds. The van der Waals surface area contributed by atoms with Gasteiger partial charge in [0, 0.05) is 17.1 Å². The second kappa shape index (κ2) is 8.21. The van der Waals surface area contributed by atoms with Crippen molar-refractivity contribution in [3.63, 3.8) is 0 Å². The number of rotatable bonds is 6. The van der Waals surface area contributed by atoms with Crippen molar-refractivity contribution in [1.82, 2.24) is 10.1 Å². The standard InChI is InChI=1S/C21H23N3O4/c1-5-15-13(4)20(14-8-6-7-9-16(14)22-15)21(26)27-11-18(25)23-19-10-17(12(2)3)24-28-19/h6-10,12H,5,11H2,1-4H3,(H,23,25). The molecule has 0 radical (unpaired) electrons. The van der Waals surface area contributed by atoms with Crippen molar-refractivity contribution in [3.05, 3.63) is 52.8 Å². The maximum absolute atomic E-state index is 12.7. The van der Waals surface area contributed by atoms with E-state index in [-0.39, 0.29) is 11.8 Å². The van der Waals surface area contributed by atoms with Crippen LogP contribution in [0.3, 0.4) is 0 Å². The molecule has 0 aliphatic carbocycles. The van der Waals surface area contributed by atoms with Gasteiger partial charge in [0.25, 0.3) is 5.91 Å². The monoisotopic (exact) mass is 381 g/mol. The largest absolute Gasteiger partial charge is 0.452 e. The fourth-order valence-corrected chi connectivity index (χ4v) is 2.96. The first-order valence-electron chi connectivity index (χ1n) is 9.22. The van der Waals surface area contributed by atoms with Crippen LogP contribution >= 0.6 is 0 Å². The number of hydrogen-bond acceptors (Lipinski definition) is 6. The molecule has 7 heteroatoms. The summed E-state index contributed by atoms with van der Waals surface area (Å²) < 4.78 is 10.3. The Bertz CT molecular complexity index is 1020. The first kappa shape index (κ1) is 19.5. The van der Waals surface area contributed by atoms with E-state index in [4.69, 9.17) is 9.26 Å². The van der Waals surface area contributed by atoms with E-state index in [2.05, 4.69) is 15.5 Å². The Hall–Kier alpha value is -3.22. The summed E-state index contributed by atoms with van der Waals surface area (Å²) in [5.74, 6) is -0.639. The molecule has 0 aliphatic rings. The second-order valence-corrected chi connectivity index (χ2v) is 6.82. The zero-order valence-electron chi connectivity index (χ0n) is 16.4. The second-order valence-electron chi connectivity index (χ2n) is 6.82. The van der Waals surface area contributed by atoms with Crippen LogP contribution in [0.25, 0.3) is 10.9 Å². The molecule has 1 aromatic carbocycles. The van der Waals surface area contributed by atoms with Crippen LogP contribution in [0.1, 0.15) is 54.0 Å². The Morgan fingerprint density at radius 3 is 2.68 bits per heavy atom. The van der Waals surface area contributed by atoms with Crippen LogP contribution < -0.4 is 5.32 Å². The number of esters is 1. The van der Waals surface area contributed by atoms with Crippen molar-refractivity contribution in [3.8, 4) is 0 Å². The molecule has 2 aromatic heterocycles. The maximum atomic E-state index is 12.7. The van der Waals surface area contributed by atoms with E-state index >= 15 is 0 Å². The third-order valence-corrected chi connectivity index (χ3v) is 4.49. The van der Waals surface area contributed by atoms with Crippen molar-refractivity contribution in [2.45, 2.75) is 40.0 Å². The Morgan fingerprint density at radius 1 is 1.25 bits per heavy atom. The topological polar surface area (TPSA) is 94.3 Å². The van der Waals surface area contributed by atoms with Gasteiger partial charge in [0.15, 0.2) is 6.61 Å². The summed E-state index contributed by atoms with van der Waals surface area (Å²) in [6, 6.07) is 9.05. The van der Waals surface area contributed by atoms with Gasteiger partial charge >= 0.3 is 5.97 Å². The van der Waals surface area contributed by atoms with Gasteiger partial charge in [0.05, 0.1) is 16.8 Å². The quantitative estimate of drug-likeness (QED) is 0.648. The van der Waals surface area contributed by atoms with Gasteiger partial charge < -0.3 is 9.26 Å². The number of fused-ring (bicyclic) bond motifs is 1. The minimum atomic E-state index is -0.554. The molecule has 0 saturated heterocycles. The molecule has 0 unspecified atom stereocenters. The summed E-state index contributed by atoms with van der Waals surface area (Å²) in [7, 11) is 0. The van der Waals surface area contributed by atoms with Gasteiger partial charge in [-0.25, -0.2) is 4.79 Å². The first-order chi connectivity index (χ1) is 13.4. The Morgan fingerprint density at radius 2 is 2.00 bits per heavy atom. The molecule has 146 valence electrons. The minimum Gasteiger partial charge on any atom is -0.452 e. The summed E-state index contributed by atoms with van der Waals surface area (Å²) >= 11 is 0. The Kier molecular flexibility index (Phi) is 5.73.